The molecule has 1 atom stereocenters. The third kappa shape index (κ3) is 4.51. The van der Waals surface area contributed by atoms with Gasteiger partial charge in [0.15, 0.2) is 0 Å². The van der Waals surface area contributed by atoms with Crippen molar-refractivity contribution in [2.45, 2.75) is 39.7 Å². The van der Waals surface area contributed by atoms with Crippen LogP contribution in [0.25, 0.3) is 10.9 Å². The van der Waals surface area contributed by atoms with Crippen molar-refractivity contribution >= 4 is 28.4 Å². The first-order valence-corrected chi connectivity index (χ1v) is 9.37. The van der Waals surface area contributed by atoms with E-state index >= 15 is 4.39 Å². The van der Waals surface area contributed by atoms with Crippen LogP contribution < -0.4 is 16.0 Å². The van der Waals surface area contributed by atoms with Gasteiger partial charge in [-0.2, -0.15) is 0 Å². The second kappa shape index (κ2) is 9.43. The smallest absolute Gasteiger partial charge is 0.296 e. The highest BCUT2D eigenvalue weighted by Crippen LogP contribution is 2.37. The van der Waals surface area contributed by atoms with Gasteiger partial charge in [0.2, 0.25) is 0 Å². The van der Waals surface area contributed by atoms with Crippen molar-refractivity contribution in [1.29, 1.82) is 0 Å². The van der Waals surface area contributed by atoms with E-state index < -0.39 is 11.7 Å². The van der Waals surface area contributed by atoms with Crippen molar-refractivity contribution in [2.75, 3.05) is 25.1 Å². The first-order chi connectivity index (χ1) is 13.8. The minimum absolute atomic E-state index is 0.113. The molecule has 29 heavy (non-hydrogen) atoms. The fourth-order valence-corrected chi connectivity index (χ4v) is 3.74. The van der Waals surface area contributed by atoms with Crippen LogP contribution in [-0.4, -0.2) is 48.1 Å². The maximum absolute atomic E-state index is 15.1. The van der Waals surface area contributed by atoms with Gasteiger partial charge in [0, 0.05) is 37.3 Å². The van der Waals surface area contributed by atoms with E-state index in [1.54, 1.807) is 6.92 Å². The van der Waals surface area contributed by atoms with Crippen LogP contribution in [0, 0.1) is 31.5 Å². The van der Waals surface area contributed by atoms with Gasteiger partial charge >= 0.3 is 0 Å². The van der Waals surface area contributed by atoms with E-state index in [4.69, 9.17) is 10.8 Å². The molecule has 0 aliphatic carbocycles. The number of aliphatic hydroxyl groups excluding tert-OH is 1. The predicted molar refractivity (Wildman–Crippen MR) is 111 cm³/mol. The van der Waals surface area contributed by atoms with Crippen molar-refractivity contribution in [2.24, 2.45) is 5.73 Å². The van der Waals surface area contributed by atoms with Crippen LogP contribution in [0.2, 0.25) is 0 Å². The number of aromatic nitrogens is 1. The van der Waals surface area contributed by atoms with Gasteiger partial charge in [0.1, 0.15) is 5.82 Å². The minimum Gasteiger partial charge on any atom is -0.400 e. The molecule has 7 nitrogen and oxygen atoms in total. The van der Waals surface area contributed by atoms with Gasteiger partial charge in [-0.3, -0.25) is 9.59 Å². The number of hydrogen-bond donors (Lipinski definition) is 4. The molecule has 1 aliphatic rings. The van der Waals surface area contributed by atoms with Gasteiger partial charge in [-0.15, -0.1) is 0 Å². The molecule has 0 saturated carbocycles. The Kier molecular flexibility index (Phi) is 7.23. The molecule has 2 aromatic rings. The van der Waals surface area contributed by atoms with E-state index in [2.05, 4.69) is 22.1 Å². The highest BCUT2D eigenvalue weighted by atomic mass is 19.1. The third-order valence-corrected chi connectivity index (χ3v) is 5.08. The normalized spacial score (nSPS) is 15.8. The largest absolute Gasteiger partial charge is 0.400 e. The fraction of sp³-hybridized carbons (Fsp3) is 0.429. The number of nitrogens with two attached hydrogens (primary N) is 1. The van der Waals surface area contributed by atoms with Crippen molar-refractivity contribution in [3.05, 3.63) is 28.7 Å². The average Bonchev–Trinajstić information content (AvgIpc) is 2.98. The molecule has 8 heteroatoms. The summed E-state index contributed by atoms with van der Waals surface area (Å²) < 4.78 is 15.1. The first kappa shape index (κ1) is 22.2. The Bertz CT molecular complexity index is 987. The summed E-state index contributed by atoms with van der Waals surface area (Å²) in [6.45, 7) is 6.52. The lowest BCUT2D eigenvalue weighted by atomic mass is 10.0. The molecule has 1 aromatic carbocycles. The third-order valence-electron chi connectivity index (χ3n) is 5.08. The maximum Gasteiger partial charge on any atom is 0.296 e. The van der Waals surface area contributed by atoms with E-state index in [0.717, 1.165) is 31.2 Å². The number of benzene rings is 1. The van der Waals surface area contributed by atoms with Crippen LogP contribution in [0.1, 0.15) is 41.4 Å². The number of aryl methyl sites for hydroxylation is 2. The summed E-state index contributed by atoms with van der Waals surface area (Å²) in [4.78, 5) is 28.6. The molecule has 0 radical (unpaired) electrons. The van der Waals surface area contributed by atoms with Crippen molar-refractivity contribution in [3.63, 3.8) is 0 Å². The number of fused-ring (bicyclic) bond motifs is 1. The standard InChI is InChI=1S/C20H23FN4O2.CH4O/c1-4-6-16(26)24-13-7-5-8-25(10-13)19-15(21)9-14(20(22)27)18-17(19)11(2)12(3)23-18;1-2/h9,13,23H,5,7-8,10H2,1-3H3,(H2,22,27)(H,24,26);2H,1H3. The molecule has 0 bridgehead atoms. The number of amides is 2. The summed E-state index contributed by atoms with van der Waals surface area (Å²) in [7, 11) is 1.00. The molecule has 1 fully saturated rings. The Hall–Kier alpha value is -3.05. The summed E-state index contributed by atoms with van der Waals surface area (Å²) in [5.74, 6) is 3.56. The Labute approximate surface area is 169 Å². The number of carbonyl (C=O) groups excluding carboxylic acids is 2. The van der Waals surface area contributed by atoms with Gasteiger partial charge in [0.25, 0.3) is 11.8 Å². The minimum atomic E-state index is -0.673. The lowest BCUT2D eigenvalue weighted by Crippen LogP contribution is -2.47. The van der Waals surface area contributed by atoms with Crippen LogP contribution >= 0.6 is 0 Å². The Morgan fingerprint density at radius 1 is 1.38 bits per heavy atom. The van der Waals surface area contributed by atoms with Gasteiger partial charge in [0.05, 0.1) is 16.8 Å². The number of aliphatic hydroxyl groups is 1. The predicted octanol–water partition coefficient (Wildman–Crippen LogP) is 1.74. The molecule has 1 aromatic heterocycles. The quantitative estimate of drug-likeness (QED) is 0.586. The number of anilines is 1. The molecule has 1 saturated heterocycles. The molecule has 0 spiro atoms. The SMILES string of the molecule is CC#CC(=O)NC1CCCN(c2c(F)cc(C(N)=O)c3[nH]c(C)c(C)c23)C1.CO. The number of carbonyl (C=O) groups is 2. The molecule has 5 N–H and O–H groups in total. The number of hydrogen-bond acceptors (Lipinski definition) is 4. The van der Waals surface area contributed by atoms with E-state index in [-0.39, 0.29) is 17.5 Å². The molecular weight excluding hydrogens is 375 g/mol. The van der Waals surface area contributed by atoms with Gasteiger partial charge in [-0.1, -0.05) is 5.92 Å². The molecular formula is C21H27FN4O3. The average molecular weight is 402 g/mol. The zero-order valence-electron chi connectivity index (χ0n) is 17.1. The van der Waals surface area contributed by atoms with Gasteiger partial charge < -0.3 is 26.0 Å². The van der Waals surface area contributed by atoms with Crippen LogP contribution in [0.3, 0.4) is 0 Å². The van der Waals surface area contributed by atoms with E-state index in [0.29, 0.717) is 29.7 Å². The number of aromatic amines is 1. The van der Waals surface area contributed by atoms with E-state index in [1.807, 2.05) is 18.7 Å². The summed E-state index contributed by atoms with van der Waals surface area (Å²) in [6.07, 6.45) is 1.62. The fourth-order valence-electron chi connectivity index (χ4n) is 3.74. The number of nitrogens with zero attached hydrogens (tertiary/aromatic N) is 1. The maximum atomic E-state index is 15.1. The number of H-pyrrole nitrogens is 1. The summed E-state index contributed by atoms with van der Waals surface area (Å²) in [5.41, 5.74) is 8.32. The topological polar surface area (TPSA) is 111 Å². The molecule has 156 valence electrons. The van der Waals surface area contributed by atoms with E-state index in [9.17, 15) is 9.59 Å². The molecule has 1 aliphatic heterocycles. The Morgan fingerprint density at radius 3 is 2.69 bits per heavy atom. The van der Waals surface area contributed by atoms with Gasteiger partial charge in [-0.05, 0) is 51.2 Å². The zero-order chi connectivity index (χ0) is 21.7. The second-order valence-electron chi connectivity index (χ2n) is 6.88. The lowest BCUT2D eigenvalue weighted by molar-refractivity contribution is -0.116. The molecule has 2 heterocycles. The summed E-state index contributed by atoms with van der Waals surface area (Å²) in [6, 6.07) is 1.08. The van der Waals surface area contributed by atoms with Crippen LogP contribution in [0.4, 0.5) is 10.1 Å². The lowest BCUT2D eigenvalue weighted by Gasteiger charge is -2.35. The van der Waals surface area contributed by atoms with Gasteiger partial charge in [-0.25, -0.2) is 4.39 Å². The number of nitrogens with one attached hydrogen (secondary N) is 2. The Balaban J connectivity index is 0.00000145. The number of halogens is 1. The summed E-state index contributed by atoms with van der Waals surface area (Å²) in [5, 5.41) is 10.5. The molecule has 3 rings (SSSR count). The monoisotopic (exact) mass is 402 g/mol. The number of piperidine rings is 1. The molecule has 2 amide bonds. The van der Waals surface area contributed by atoms with Crippen molar-refractivity contribution in [1.82, 2.24) is 10.3 Å². The van der Waals surface area contributed by atoms with Crippen molar-refractivity contribution < 1.29 is 19.1 Å². The highest BCUT2D eigenvalue weighted by molar-refractivity contribution is 6.10. The second-order valence-corrected chi connectivity index (χ2v) is 6.88. The van der Waals surface area contributed by atoms with Crippen LogP contribution in [0.5, 0.6) is 0 Å². The molecule has 1 unspecified atom stereocenters. The van der Waals surface area contributed by atoms with E-state index in [1.165, 1.54) is 6.07 Å². The number of primary amides is 1. The Morgan fingerprint density at radius 2 is 2.07 bits per heavy atom. The number of rotatable bonds is 3. The van der Waals surface area contributed by atoms with Crippen molar-refractivity contribution in [3.8, 4) is 11.8 Å². The summed E-state index contributed by atoms with van der Waals surface area (Å²) >= 11 is 0. The first-order valence-electron chi connectivity index (χ1n) is 9.37. The van der Waals surface area contributed by atoms with Crippen LogP contribution in [0.15, 0.2) is 6.07 Å². The highest BCUT2D eigenvalue weighted by Gasteiger charge is 2.28. The van der Waals surface area contributed by atoms with Crippen LogP contribution in [-0.2, 0) is 4.79 Å². The zero-order valence-corrected chi connectivity index (χ0v) is 17.1.